The molecule has 36 heavy (non-hydrogen) atoms. The van der Waals surface area contributed by atoms with Crippen molar-refractivity contribution >= 4 is 17.7 Å². The predicted octanol–water partition coefficient (Wildman–Crippen LogP) is 6.50. The van der Waals surface area contributed by atoms with Crippen LogP contribution in [0.15, 0.2) is 84.4 Å². The second-order valence-corrected chi connectivity index (χ2v) is 8.14. The quantitative estimate of drug-likeness (QED) is 0.241. The summed E-state index contributed by atoms with van der Waals surface area (Å²) in [5.41, 5.74) is 3.60. The van der Waals surface area contributed by atoms with Crippen molar-refractivity contribution in [3.8, 4) is 17.5 Å². The number of aryl methyl sites for hydroxylation is 1. The van der Waals surface area contributed by atoms with Crippen molar-refractivity contribution in [2.45, 2.75) is 20.5 Å². The number of hydrogen-bond donors (Lipinski definition) is 1. The topological polar surface area (TPSA) is 67.0 Å². The molecule has 5 nitrogen and oxygen atoms in total. The van der Waals surface area contributed by atoms with Gasteiger partial charge in [0, 0.05) is 22.6 Å². The van der Waals surface area contributed by atoms with Crippen molar-refractivity contribution in [3.63, 3.8) is 0 Å². The van der Waals surface area contributed by atoms with Crippen LogP contribution in [0, 0.1) is 36.8 Å². The third kappa shape index (κ3) is 5.34. The largest absolute Gasteiger partial charge is 0.489 e. The Hall–Kier alpha value is -4.70. The zero-order chi connectivity index (χ0) is 25.7. The second kappa shape index (κ2) is 10.7. The molecule has 0 unspecified atom stereocenters. The number of benzene rings is 3. The van der Waals surface area contributed by atoms with E-state index in [4.69, 9.17) is 4.74 Å². The van der Waals surface area contributed by atoms with Crippen LogP contribution in [0.25, 0.3) is 11.8 Å². The molecule has 4 rings (SSSR count). The Bertz CT molecular complexity index is 1480. The molecule has 1 aromatic heterocycles. The van der Waals surface area contributed by atoms with Gasteiger partial charge in [-0.2, -0.15) is 5.26 Å². The minimum Gasteiger partial charge on any atom is -0.489 e. The Kier molecular flexibility index (Phi) is 7.26. The lowest BCUT2D eigenvalue weighted by atomic mass is 10.1. The highest BCUT2D eigenvalue weighted by molar-refractivity contribution is 6.09. The van der Waals surface area contributed by atoms with Gasteiger partial charge in [0.05, 0.1) is 5.69 Å². The summed E-state index contributed by atoms with van der Waals surface area (Å²) in [5, 5.41) is 12.0. The number of aromatic nitrogens is 1. The van der Waals surface area contributed by atoms with E-state index in [1.54, 1.807) is 36.4 Å². The Labute approximate surface area is 207 Å². The lowest BCUT2D eigenvalue weighted by molar-refractivity contribution is -0.112. The highest BCUT2D eigenvalue weighted by Gasteiger charge is 2.15. The van der Waals surface area contributed by atoms with E-state index in [9.17, 15) is 18.8 Å². The number of ether oxygens (including phenoxy) is 1. The average Bonchev–Trinajstić information content (AvgIpc) is 3.16. The molecule has 0 spiro atoms. The van der Waals surface area contributed by atoms with E-state index in [0.29, 0.717) is 16.9 Å². The van der Waals surface area contributed by atoms with Gasteiger partial charge < -0.3 is 14.6 Å². The summed E-state index contributed by atoms with van der Waals surface area (Å²) >= 11 is 0. The summed E-state index contributed by atoms with van der Waals surface area (Å²) in [6.07, 6.45) is 1.49. The normalized spacial score (nSPS) is 11.1. The molecule has 0 bridgehead atoms. The van der Waals surface area contributed by atoms with Gasteiger partial charge in [0.2, 0.25) is 0 Å². The van der Waals surface area contributed by atoms with Crippen molar-refractivity contribution in [2.24, 2.45) is 0 Å². The monoisotopic (exact) mass is 483 g/mol. The molecule has 0 aliphatic rings. The molecule has 0 saturated carbocycles. The third-order valence-electron chi connectivity index (χ3n) is 5.70. The Balaban J connectivity index is 1.53. The number of nitriles is 1. The molecule has 3 aromatic carbocycles. The smallest absolute Gasteiger partial charge is 0.266 e. The number of para-hydroxylation sites is 1. The highest BCUT2D eigenvalue weighted by atomic mass is 19.1. The number of nitrogens with one attached hydrogen (secondary N) is 1. The van der Waals surface area contributed by atoms with Crippen LogP contribution >= 0.6 is 0 Å². The summed E-state index contributed by atoms with van der Waals surface area (Å²) < 4.78 is 35.4. The first kappa shape index (κ1) is 24.4. The fourth-order valence-electron chi connectivity index (χ4n) is 3.86. The molecule has 1 N–H and O–H groups in total. The van der Waals surface area contributed by atoms with E-state index in [1.807, 2.05) is 42.7 Å². The van der Waals surface area contributed by atoms with Gasteiger partial charge in [-0.1, -0.05) is 30.3 Å². The van der Waals surface area contributed by atoms with Crippen molar-refractivity contribution in [1.82, 2.24) is 4.57 Å². The standard InChI is InChI=1S/C29H23F2N3O2/c1-19-15-22(16-23(17-32)29(35)33-28-10-6-5-9-27(28)31)20(2)34(19)24-11-13-25(14-12-24)36-18-21-7-3-4-8-26(21)30/h3-16H,18H2,1-2H3,(H,33,35)/b23-16-. The maximum Gasteiger partial charge on any atom is 0.266 e. The number of halogens is 2. The van der Waals surface area contributed by atoms with E-state index in [0.717, 1.165) is 17.1 Å². The van der Waals surface area contributed by atoms with Crippen LogP contribution in [0.3, 0.4) is 0 Å². The Morgan fingerprint density at radius 1 is 1.00 bits per heavy atom. The maximum atomic E-state index is 13.9. The summed E-state index contributed by atoms with van der Waals surface area (Å²) in [4.78, 5) is 12.6. The zero-order valence-electron chi connectivity index (χ0n) is 19.8. The van der Waals surface area contributed by atoms with Gasteiger partial charge in [0.1, 0.15) is 35.6 Å². The number of anilines is 1. The molecule has 180 valence electrons. The molecular weight excluding hydrogens is 460 g/mol. The lowest BCUT2D eigenvalue weighted by Gasteiger charge is -2.12. The van der Waals surface area contributed by atoms with E-state index >= 15 is 0 Å². The van der Waals surface area contributed by atoms with Crippen LogP contribution in [-0.2, 0) is 11.4 Å². The number of hydrogen-bond acceptors (Lipinski definition) is 3. The van der Waals surface area contributed by atoms with Gasteiger partial charge in [-0.25, -0.2) is 8.78 Å². The number of carbonyl (C=O) groups excluding carboxylic acids is 1. The molecule has 1 heterocycles. The minimum atomic E-state index is -0.691. The summed E-state index contributed by atoms with van der Waals surface area (Å²) in [6.45, 7) is 3.91. The molecule has 4 aromatic rings. The first-order chi connectivity index (χ1) is 17.4. The molecule has 7 heteroatoms. The van der Waals surface area contributed by atoms with Gasteiger partial charge in [0.25, 0.3) is 5.91 Å². The van der Waals surface area contributed by atoms with Gasteiger partial charge in [-0.3, -0.25) is 4.79 Å². The van der Waals surface area contributed by atoms with Crippen LogP contribution in [0.1, 0.15) is 22.5 Å². The number of rotatable bonds is 7. The highest BCUT2D eigenvalue weighted by Crippen LogP contribution is 2.25. The molecule has 0 saturated heterocycles. The molecule has 0 atom stereocenters. The van der Waals surface area contributed by atoms with E-state index < -0.39 is 11.7 Å². The lowest BCUT2D eigenvalue weighted by Crippen LogP contribution is -2.14. The average molecular weight is 484 g/mol. The minimum absolute atomic E-state index is 0.00596. The molecule has 0 aliphatic heterocycles. The van der Waals surface area contributed by atoms with Crippen molar-refractivity contribution in [1.29, 1.82) is 5.26 Å². The van der Waals surface area contributed by atoms with Gasteiger partial charge >= 0.3 is 0 Å². The predicted molar refractivity (Wildman–Crippen MR) is 135 cm³/mol. The van der Waals surface area contributed by atoms with E-state index in [2.05, 4.69) is 5.32 Å². The molecule has 0 radical (unpaired) electrons. The summed E-state index contributed by atoms with van der Waals surface area (Å²) in [7, 11) is 0. The van der Waals surface area contributed by atoms with E-state index in [1.165, 1.54) is 30.3 Å². The molecule has 0 fully saturated rings. The SMILES string of the molecule is Cc1cc(/C=C(/C#N)C(=O)Nc2ccccc2F)c(C)n1-c1ccc(OCc2ccccc2F)cc1. The molecular formula is C29H23F2N3O2. The van der Waals surface area contributed by atoms with Crippen LogP contribution < -0.4 is 10.1 Å². The van der Waals surface area contributed by atoms with Crippen molar-refractivity contribution in [2.75, 3.05) is 5.32 Å². The zero-order valence-corrected chi connectivity index (χ0v) is 19.8. The fourth-order valence-corrected chi connectivity index (χ4v) is 3.86. The summed E-state index contributed by atoms with van der Waals surface area (Å²) in [6, 6.07) is 23.4. The van der Waals surface area contributed by atoms with Gasteiger partial charge in [-0.15, -0.1) is 0 Å². The van der Waals surface area contributed by atoms with Gasteiger partial charge in [0.15, 0.2) is 0 Å². The third-order valence-corrected chi connectivity index (χ3v) is 5.70. The number of carbonyl (C=O) groups is 1. The van der Waals surface area contributed by atoms with Crippen LogP contribution in [0.2, 0.25) is 0 Å². The van der Waals surface area contributed by atoms with Crippen molar-refractivity contribution < 1.29 is 18.3 Å². The Morgan fingerprint density at radius 2 is 1.67 bits per heavy atom. The number of amides is 1. The first-order valence-corrected chi connectivity index (χ1v) is 11.2. The number of nitrogens with zero attached hydrogens (tertiary/aromatic N) is 2. The first-order valence-electron chi connectivity index (χ1n) is 11.2. The van der Waals surface area contributed by atoms with Crippen LogP contribution in [0.4, 0.5) is 14.5 Å². The van der Waals surface area contributed by atoms with Crippen LogP contribution in [0.5, 0.6) is 5.75 Å². The summed E-state index contributed by atoms with van der Waals surface area (Å²) in [5.74, 6) is -0.986. The molecule has 1 amide bonds. The fraction of sp³-hybridized carbons (Fsp3) is 0.103. The van der Waals surface area contributed by atoms with Crippen LogP contribution in [-0.4, -0.2) is 10.5 Å². The van der Waals surface area contributed by atoms with Gasteiger partial charge in [-0.05, 0) is 74.0 Å². The Morgan fingerprint density at radius 3 is 2.33 bits per heavy atom. The maximum absolute atomic E-state index is 13.9. The van der Waals surface area contributed by atoms with E-state index in [-0.39, 0.29) is 23.7 Å². The molecule has 0 aliphatic carbocycles. The van der Waals surface area contributed by atoms with Crippen molar-refractivity contribution in [3.05, 3.63) is 119 Å². The second-order valence-electron chi connectivity index (χ2n) is 8.14.